The Hall–Kier alpha value is -2.96. The highest BCUT2D eigenvalue weighted by Gasteiger charge is 2.32. The molecule has 0 radical (unpaired) electrons. The molecule has 1 heterocycles. The average Bonchev–Trinajstić information content (AvgIpc) is 2.55. The lowest BCUT2D eigenvalue weighted by Gasteiger charge is -2.23. The molecule has 0 aliphatic carbocycles. The van der Waals surface area contributed by atoms with Crippen molar-refractivity contribution in [3.8, 4) is 17.0 Å². The maximum Gasteiger partial charge on any atom is 0.349 e. The lowest BCUT2D eigenvalue weighted by atomic mass is 10.1. The Bertz CT molecular complexity index is 724. The van der Waals surface area contributed by atoms with Crippen molar-refractivity contribution >= 4 is 11.7 Å². The second-order valence-corrected chi connectivity index (χ2v) is 5.52. The molecule has 0 amide bonds. The van der Waals surface area contributed by atoms with Gasteiger partial charge in [-0.3, -0.25) is 10.1 Å². The van der Waals surface area contributed by atoms with Gasteiger partial charge in [-0.1, -0.05) is 0 Å². The number of esters is 1. The Labute approximate surface area is 139 Å². The van der Waals surface area contributed by atoms with E-state index in [0.717, 1.165) is 11.1 Å². The van der Waals surface area contributed by atoms with Gasteiger partial charge in [0.2, 0.25) is 11.5 Å². The number of nitro groups is 1. The van der Waals surface area contributed by atoms with Crippen LogP contribution in [0.5, 0.6) is 5.88 Å². The van der Waals surface area contributed by atoms with Gasteiger partial charge in [-0.2, -0.15) is 0 Å². The van der Waals surface area contributed by atoms with Gasteiger partial charge in [0.15, 0.2) is 0 Å². The molecule has 1 aromatic carbocycles. The first kappa shape index (κ1) is 17.4. The Morgan fingerprint density at radius 2 is 1.79 bits per heavy atom. The second-order valence-electron chi connectivity index (χ2n) is 5.52. The van der Waals surface area contributed by atoms with Crippen LogP contribution in [0.1, 0.15) is 20.8 Å². The molecule has 24 heavy (non-hydrogen) atoms. The molecular weight excluding hydrogens is 312 g/mol. The number of benzene rings is 1. The van der Waals surface area contributed by atoms with Crippen molar-refractivity contribution in [2.75, 3.05) is 6.61 Å². The topological polar surface area (TPSA) is 91.6 Å². The van der Waals surface area contributed by atoms with Crippen LogP contribution in [0.4, 0.5) is 5.69 Å². The summed E-state index contributed by atoms with van der Waals surface area (Å²) in [7, 11) is 0. The van der Waals surface area contributed by atoms with E-state index in [0.29, 0.717) is 5.88 Å². The summed E-state index contributed by atoms with van der Waals surface area (Å²) in [4.78, 5) is 26.2. The van der Waals surface area contributed by atoms with Crippen LogP contribution < -0.4 is 4.74 Å². The normalized spacial score (nSPS) is 11.0. The number of hydrogen-bond acceptors (Lipinski definition) is 6. The second kappa shape index (κ2) is 7.08. The summed E-state index contributed by atoms with van der Waals surface area (Å²) in [6, 6.07) is 9.58. The third-order valence-corrected chi connectivity index (χ3v) is 3.27. The summed E-state index contributed by atoms with van der Waals surface area (Å²) >= 11 is 0. The third-order valence-electron chi connectivity index (χ3n) is 3.27. The Balaban J connectivity index is 2.13. The fourth-order valence-corrected chi connectivity index (χ4v) is 2.00. The van der Waals surface area contributed by atoms with E-state index >= 15 is 0 Å². The number of carbonyl (C=O) groups excluding carboxylic acids is 1. The molecule has 0 saturated heterocycles. The Kier molecular flexibility index (Phi) is 5.13. The molecule has 0 saturated carbocycles. The number of nitro benzene ring substituents is 1. The third kappa shape index (κ3) is 4.07. The number of rotatable bonds is 6. The van der Waals surface area contributed by atoms with E-state index in [4.69, 9.17) is 9.47 Å². The van der Waals surface area contributed by atoms with Gasteiger partial charge in [0.05, 0.1) is 11.5 Å². The van der Waals surface area contributed by atoms with E-state index in [1.165, 1.54) is 12.1 Å². The predicted molar refractivity (Wildman–Crippen MR) is 87.7 cm³/mol. The molecule has 126 valence electrons. The standard InChI is InChI=1S/C17H18N2O5/c1-4-23-16(20)17(2,3)24-15-10-7-13(11-18-15)12-5-8-14(9-6-12)19(21)22/h5-11H,4H2,1-3H3. The van der Waals surface area contributed by atoms with Crippen molar-refractivity contribution in [3.05, 3.63) is 52.7 Å². The summed E-state index contributed by atoms with van der Waals surface area (Å²) in [6.45, 7) is 5.22. The summed E-state index contributed by atoms with van der Waals surface area (Å²) in [5.41, 5.74) is 0.469. The monoisotopic (exact) mass is 330 g/mol. The van der Waals surface area contributed by atoms with Crippen molar-refractivity contribution in [1.29, 1.82) is 0 Å². The minimum atomic E-state index is -1.14. The van der Waals surface area contributed by atoms with Gasteiger partial charge >= 0.3 is 5.97 Å². The Morgan fingerprint density at radius 1 is 1.17 bits per heavy atom. The first-order valence-electron chi connectivity index (χ1n) is 7.40. The number of hydrogen-bond donors (Lipinski definition) is 0. The number of non-ortho nitro benzene ring substituents is 1. The fraction of sp³-hybridized carbons (Fsp3) is 0.294. The number of nitrogens with zero attached hydrogens (tertiary/aromatic N) is 2. The molecule has 0 unspecified atom stereocenters. The number of pyridine rings is 1. The largest absolute Gasteiger partial charge is 0.463 e. The fourth-order valence-electron chi connectivity index (χ4n) is 2.00. The van der Waals surface area contributed by atoms with Gasteiger partial charge < -0.3 is 9.47 Å². The van der Waals surface area contributed by atoms with Crippen molar-refractivity contribution in [2.24, 2.45) is 0 Å². The zero-order valence-electron chi connectivity index (χ0n) is 13.7. The summed E-state index contributed by atoms with van der Waals surface area (Å²) in [5.74, 6) is -0.176. The van der Waals surface area contributed by atoms with Crippen molar-refractivity contribution in [2.45, 2.75) is 26.4 Å². The quantitative estimate of drug-likeness (QED) is 0.458. The van der Waals surface area contributed by atoms with Crippen LogP contribution in [0.25, 0.3) is 11.1 Å². The molecule has 7 nitrogen and oxygen atoms in total. The lowest BCUT2D eigenvalue weighted by molar-refractivity contribution is -0.384. The molecule has 0 N–H and O–H groups in total. The summed E-state index contributed by atoms with van der Waals surface area (Å²) in [5, 5.41) is 10.7. The van der Waals surface area contributed by atoms with E-state index in [-0.39, 0.29) is 12.3 Å². The smallest absolute Gasteiger partial charge is 0.349 e. The molecule has 0 fully saturated rings. The van der Waals surface area contributed by atoms with Crippen molar-refractivity contribution < 1.29 is 19.2 Å². The SMILES string of the molecule is CCOC(=O)C(C)(C)Oc1ccc(-c2ccc([N+](=O)[O-])cc2)cn1. The molecule has 7 heteroatoms. The van der Waals surface area contributed by atoms with Crippen LogP contribution in [-0.4, -0.2) is 28.1 Å². The minimum Gasteiger partial charge on any atom is -0.463 e. The molecule has 0 spiro atoms. The molecular formula is C17H18N2O5. The maximum atomic E-state index is 11.8. The van der Waals surface area contributed by atoms with E-state index in [1.807, 2.05) is 0 Å². The van der Waals surface area contributed by atoms with Crippen LogP contribution in [0.15, 0.2) is 42.6 Å². The van der Waals surface area contributed by atoms with Crippen LogP contribution >= 0.6 is 0 Å². The molecule has 0 bridgehead atoms. The molecule has 0 aliphatic rings. The van der Waals surface area contributed by atoms with Gasteiger partial charge in [-0.05, 0) is 44.5 Å². The molecule has 1 aromatic heterocycles. The lowest BCUT2D eigenvalue weighted by Crippen LogP contribution is -2.39. The highest BCUT2D eigenvalue weighted by atomic mass is 16.6. The van der Waals surface area contributed by atoms with E-state index < -0.39 is 16.5 Å². The number of aromatic nitrogens is 1. The van der Waals surface area contributed by atoms with Crippen molar-refractivity contribution in [1.82, 2.24) is 4.98 Å². The highest BCUT2D eigenvalue weighted by Crippen LogP contribution is 2.24. The minimum absolute atomic E-state index is 0.0304. The van der Waals surface area contributed by atoms with Crippen molar-refractivity contribution in [3.63, 3.8) is 0 Å². The summed E-state index contributed by atoms with van der Waals surface area (Å²) in [6.07, 6.45) is 1.58. The van der Waals surface area contributed by atoms with Gasteiger partial charge in [0, 0.05) is 30.0 Å². The molecule has 0 aliphatic heterocycles. The highest BCUT2D eigenvalue weighted by molar-refractivity contribution is 5.79. The van der Waals surface area contributed by atoms with Gasteiger partial charge in [-0.25, -0.2) is 9.78 Å². The van der Waals surface area contributed by atoms with E-state index in [1.54, 1.807) is 51.2 Å². The van der Waals surface area contributed by atoms with Crippen LogP contribution in [-0.2, 0) is 9.53 Å². The van der Waals surface area contributed by atoms with Crippen LogP contribution in [0.3, 0.4) is 0 Å². The number of ether oxygens (including phenoxy) is 2. The van der Waals surface area contributed by atoms with Gasteiger partial charge in [-0.15, -0.1) is 0 Å². The molecule has 2 rings (SSSR count). The zero-order chi connectivity index (χ0) is 17.7. The first-order valence-corrected chi connectivity index (χ1v) is 7.40. The Morgan fingerprint density at radius 3 is 2.29 bits per heavy atom. The van der Waals surface area contributed by atoms with Gasteiger partial charge in [0.1, 0.15) is 0 Å². The van der Waals surface area contributed by atoms with Gasteiger partial charge in [0.25, 0.3) is 5.69 Å². The van der Waals surface area contributed by atoms with Crippen LogP contribution in [0, 0.1) is 10.1 Å². The molecule has 0 atom stereocenters. The van der Waals surface area contributed by atoms with Crippen LogP contribution in [0.2, 0.25) is 0 Å². The maximum absolute atomic E-state index is 11.8. The summed E-state index contributed by atoms with van der Waals surface area (Å²) < 4.78 is 10.5. The zero-order valence-corrected chi connectivity index (χ0v) is 13.7. The van der Waals surface area contributed by atoms with E-state index in [2.05, 4.69) is 4.98 Å². The average molecular weight is 330 g/mol. The predicted octanol–water partition coefficient (Wildman–Crippen LogP) is 3.38. The number of carbonyl (C=O) groups is 1. The molecule has 2 aromatic rings. The van der Waals surface area contributed by atoms with E-state index in [9.17, 15) is 14.9 Å². The first-order chi connectivity index (χ1) is 11.3.